The second-order valence-corrected chi connectivity index (χ2v) is 10.4. The molecule has 2 saturated heterocycles. The van der Waals surface area contributed by atoms with Gasteiger partial charge in [-0.1, -0.05) is 0 Å². The number of carbonyl (C=O) groups is 3. The molecule has 5 rings (SSSR count). The molecule has 10 heteroatoms. The molecular formula is C25H36N6O4. The molecule has 190 valence electrons. The molecule has 10 nitrogen and oxygen atoms in total. The van der Waals surface area contributed by atoms with Crippen molar-refractivity contribution in [3.63, 3.8) is 0 Å². The Morgan fingerprint density at radius 2 is 1.49 bits per heavy atom. The Balaban J connectivity index is 1.40. The number of nitriles is 2. The van der Waals surface area contributed by atoms with Crippen molar-refractivity contribution in [2.75, 3.05) is 32.8 Å². The van der Waals surface area contributed by atoms with E-state index in [4.69, 9.17) is 4.74 Å². The van der Waals surface area contributed by atoms with E-state index in [-0.39, 0.29) is 43.1 Å². The first-order valence-electron chi connectivity index (χ1n) is 12.9. The Bertz CT molecular complexity index is 899. The number of hydrogen-bond donors (Lipinski definition) is 1. The summed E-state index contributed by atoms with van der Waals surface area (Å²) in [6, 6.07) is 3.68. The summed E-state index contributed by atoms with van der Waals surface area (Å²) in [5.41, 5.74) is -0.609. The number of nitrogens with one attached hydrogen (secondary N) is 1. The van der Waals surface area contributed by atoms with Crippen molar-refractivity contribution in [2.24, 2.45) is 0 Å². The fourth-order valence-corrected chi connectivity index (χ4v) is 6.45. The SMILES string of the molecule is CCOC(=O)N(CC(=O)N1CCCC1C#N)C12CCC(NCC(=O)N3CCCC3C#N)(CC1)CC2. The molecule has 2 unspecified atom stereocenters. The molecule has 3 aliphatic carbocycles. The summed E-state index contributed by atoms with van der Waals surface area (Å²) in [4.78, 5) is 43.8. The Hall–Kier alpha value is -2.85. The number of carbonyl (C=O) groups excluding carboxylic acids is 3. The zero-order valence-corrected chi connectivity index (χ0v) is 20.6. The zero-order valence-electron chi connectivity index (χ0n) is 20.6. The summed E-state index contributed by atoms with van der Waals surface area (Å²) in [6.45, 7) is 3.33. The van der Waals surface area contributed by atoms with Crippen LogP contribution in [0, 0.1) is 22.7 Å². The van der Waals surface area contributed by atoms with E-state index >= 15 is 0 Å². The average Bonchev–Trinajstić information content (AvgIpc) is 3.56. The lowest BCUT2D eigenvalue weighted by molar-refractivity contribution is -0.136. The van der Waals surface area contributed by atoms with E-state index in [1.807, 2.05) is 0 Å². The molecule has 1 N–H and O–H groups in total. The third-order valence-electron chi connectivity index (χ3n) is 8.62. The lowest BCUT2D eigenvalue weighted by Crippen LogP contribution is -2.66. The molecule has 3 amide bonds. The molecule has 2 bridgehead atoms. The highest BCUT2D eigenvalue weighted by molar-refractivity contribution is 5.83. The van der Waals surface area contributed by atoms with Crippen LogP contribution < -0.4 is 5.32 Å². The van der Waals surface area contributed by atoms with Crippen molar-refractivity contribution < 1.29 is 19.1 Å². The van der Waals surface area contributed by atoms with Crippen LogP contribution in [0.3, 0.4) is 0 Å². The molecule has 5 aliphatic rings. The Morgan fingerprint density at radius 1 is 0.943 bits per heavy atom. The second-order valence-electron chi connectivity index (χ2n) is 10.4. The number of fused-ring (bicyclic) bond motifs is 3. The summed E-state index contributed by atoms with van der Waals surface area (Å²) in [7, 11) is 0. The summed E-state index contributed by atoms with van der Waals surface area (Å²) < 4.78 is 5.36. The van der Waals surface area contributed by atoms with Crippen LogP contribution in [0.25, 0.3) is 0 Å². The van der Waals surface area contributed by atoms with Crippen molar-refractivity contribution in [2.45, 2.75) is 94.3 Å². The number of rotatable bonds is 7. The Labute approximate surface area is 207 Å². The topological polar surface area (TPSA) is 130 Å². The van der Waals surface area contributed by atoms with Gasteiger partial charge >= 0.3 is 6.09 Å². The second kappa shape index (κ2) is 10.4. The Morgan fingerprint density at radius 3 is 2.00 bits per heavy atom. The van der Waals surface area contributed by atoms with E-state index in [2.05, 4.69) is 17.5 Å². The predicted octanol–water partition coefficient (Wildman–Crippen LogP) is 1.91. The highest BCUT2D eigenvalue weighted by Crippen LogP contribution is 2.50. The van der Waals surface area contributed by atoms with Crippen molar-refractivity contribution in [1.82, 2.24) is 20.0 Å². The monoisotopic (exact) mass is 484 g/mol. The van der Waals surface area contributed by atoms with Gasteiger partial charge in [0.05, 0.1) is 25.3 Å². The van der Waals surface area contributed by atoms with Crippen LogP contribution in [-0.4, -0.2) is 88.6 Å². The summed E-state index contributed by atoms with van der Waals surface area (Å²) >= 11 is 0. The normalized spacial score (nSPS) is 31.6. The Kier molecular flexibility index (Phi) is 7.51. The molecular weight excluding hydrogens is 448 g/mol. The fourth-order valence-electron chi connectivity index (χ4n) is 6.45. The van der Waals surface area contributed by atoms with Gasteiger partial charge in [0, 0.05) is 24.2 Å². The molecule has 0 aromatic carbocycles. The van der Waals surface area contributed by atoms with E-state index < -0.39 is 17.7 Å². The number of likely N-dealkylation sites (tertiary alicyclic amines) is 2. The van der Waals surface area contributed by atoms with Gasteiger partial charge in [0.25, 0.3) is 0 Å². The number of ether oxygens (including phenoxy) is 1. The van der Waals surface area contributed by atoms with Crippen LogP contribution in [0.15, 0.2) is 0 Å². The standard InChI is InChI=1S/C25H36N6O4/c1-2-35-23(34)31(18-22(33)30-14-4-6-20(30)16-27)25-10-7-24(8-11-25,9-12-25)28-17-21(32)29-13-3-5-19(29)15-26/h19-20,28H,2-14,17-18H2,1H3. The molecule has 0 aromatic heterocycles. The molecule has 0 spiro atoms. The van der Waals surface area contributed by atoms with Gasteiger partial charge in [-0.2, -0.15) is 10.5 Å². The van der Waals surface area contributed by atoms with Gasteiger partial charge in [-0.25, -0.2) is 4.79 Å². The molecule has 3 saturated carbocycles. The molecule has 0 aromatic rings. The predicted molar refractivity (Wildman–Crippen MR) is 126 cm³/mol. The number of amides is 3. The summed E-state index contributed by atoms with van der Waals surface area (Å²) in [5, 5.41) is 22.2. The van der Waals surface area contributed by atoms with Gasteiger partial charge in [0.15, 0.2) is 0 Å². The lowest BCUT2D eigenvalue weighted by atomic mass is 9.61. The largest absolute Gasteiger partial charge is 0.450 e. The third-order valence-corrected chi connectivity index (χ3v) is 8.62. The fraction of sp³-hybridized carbons (Fsp3) is 0.800. The minimum atomic E-state index is -0.470. The van der Waals surface area contributed by atoms with Crippen molar-refractivity contribution in [3.05, 3.63) is 0 Å². The maximum Gasteiger partial charge on any atom is 0.410 e. The van der Waals surface area contributed by atoms with Gasteiger partial charge in [-0.05, 0) is 71.1 Å². The van der Waals surface area contributed by atoms with Gasteiger partial charge < -0.3 is 19.9 Å². The van der Waals surface area contributed by atoms with Crippen LogP contribution in [-0.2, 0) is 14.3 Å². The number of nitrogens with zero attached hydrogens (tertiary/aromatic N) is 5. The first-order chi connectivity index (χ1) is 16.9. The van der Waals surface area contributed by atoms with Crippen molar-refractivity contribution in [1.29, 1.82) is 10.5 Å². The van der Waals surface area contributed by atoms with Crippen LogP contribution in [0.5, 0.6) is 0 Å². The van der Waals surface area contributed by atoms with Gasteiger partial charge in [-0.3, -0.25) is 14.5 Å². The van der Waals surface area contributed by atoms with Gasteiger partial charge in [-0.15, -0.1) is 0 Å². The maximum absolute atomic E-state index is 13.1. The average molecular weight is 485 g/mol. The quantitative estimate of drug-likeness (QED) is 0.584. The summed E-state index contributed by atoms with van der Waals surface area (Å²) in [5.74, 6) is -0.220. The van der Waals surface area contributed by atoms with E-state index in [0.29, 0.717) is 19.5 Å². The molecule has 2 heterocycles. The van der Waals surface area contributed by atoms with Crippen molar-refractivity contribution in [3.8, 4) is 12.1 Å². The molecule has 5 fully saturated rings. The minimum absolute atomic E-state index is 0.0257. The van der Waals surface area contributed by atoms with E-state index in [0.717, 1.165) is 57.8 Å². The van der Waals surface area contributed by atoms with Gasteiger partial charge in [0.2, 0.25) is 11.8 Å². The maximum atomic E-state index is 13.1. The highest BCUT2D eigenvalue weighted by Gasteiger charge is 2.53. The van der Waals surface area contributed by atoms with Crippen LogP contribution in [0.1, 0.15) is 71.1 Å². The van der Waals surface area contributed by atoms with E-state index in [1.54, 1.807) is 21.6 Å². The minimum Gasteiger partial charge on any atom is -0.450 e. The zero-order chi connectivity index (χ0) is 25.1. The van der Waals surface area contributed by atoms with E-state index in [1.165, 1.54) is 0 Å². The van der Waals surface area contributed by atoms with Gasteiger partial charge in [0.1, 0.15) is 18.6 Å². The first-order valence-corrected chi connectivity index (χ1v) is 12.9. The summed E-state index contributed by atoms with van der Waals surface area (Å²) in [6.07, 6.45) is 7.20. The molecule has 2 atom stereocenters. The molecule has 0 radical (unpaired) electrons. The van der Waals surface area contributed by atoms with E-state index in [9.17, 15) is 24.9 Å². The lowest BCUT2D eigenvalue weighted by Gasteiger charge is -2.57. The van der Waals surface area contributed by atoms with Crippen LogP contribution in [0.4, 0.5) is 4.79 Å². The number of hydrogen-bond acceptors (Lipinski definition) is 7. The van der Waals surface area contributed by atoms with Crippen molar-refractivity contribution >= 4 is 17.9 Å². The third kappa shape index (κ3) is 4.95. The smallest absolute Gasteiger partial charge is 0.410 e. The molecule has 35 heavy (non-hydrogen) atoms. The first kappa shape index (κ1) is 25.2. The van der Waals surface area contributed by atoms with Crippen LogP contribution in [0.2, 0.25) is 0 Å². The highest BCUT2D eigenvalue weighted by atomic mass is 16.6. The molecule has 2 aliphatic heterocycles. The van der Waals surface area contributed by atoms with Crippen LogP contribution >= 0.6 is 0 Å².